The lowest BCUT2D eigenvalue weighted by atomic mass is 10.0. The van der Waals surface area contributed by atoms with Crippen LogP contribution in [0.3, 0.4) is 0 Å². The Morgan fingerprint density at radius 1 is 1.06 bits per heavy atom. The van der Waals surface area contributed by atoms with Gasteiger partial charge in [-0.25, -0.2) is 0 Å². The van der Waals surface area contributed by atoms with Crippen molar-refractivity contribution in [2.24, 2.45) is 11.8 Å². The first-order chi connectivity index (χ1) is 7.68. The van der Waals surface area contributed by atoms with E-state index in [4.69, 9.17) is 0 Å². The molecule has 0 aliphatic heterocycles. The molecule has 0 saturated carbocycles. The Balaban J connectivity index is 2.02. The highest BCUT2D eigenvalue weighted by molar-refractivity contribution is 5.36. The molecule has 0 fully saturated rings. The molecule has 17 heavy (non-hydrogen) atoms. The molecule has 0 radical (unpaired) electrons. The van der Waals surface area contributed by atoms with Gasteiger partial charge < -0.3 is 4.74 Å². The van der Waals surface area contributed by atoms with Crippen molar-refractivity contribution in [3.8, 4) is 0 Å². The Morgan fingerprint density at radius 2 is 1.71 bits per heavy atom. The van der Waals surface area contributed by atoms with Crippen molar-refractivity contribution in [1.82, 2.24) is 0 Å². The maximum Gasteiger partial charge on any atom is 0.413 e. The first-order valence-electron chi connectivity index (χ1n) is 4.84. The fourth-order valence-corrected chi connectivity index (χ4v) is 2.14. The van der Waals surface area contributed by atoms with E-state index in [1.165, 1.54) is 12.2 Å². The Morgan fingerprint density at radius 3 is 2.18 bits per heavy atom. The van der Waals surface area contributed by atoms with Crippen molar-refractivity contribution in [3.05, 3.63) is 23.8 Å². The van der Waals surface area contributed by atoms with Gasteiger partial charge in [-0.1, -0.05) is 18.2 Å². The molecule has 2 aliphatic carbocycles. The fraction of sp³-hybridized carbons (Fsp3) is 0.600. The van der Waals surface area contributed by atoms with E-state index in [-0.39, 0.29) is 0 Å². The van der Waals surface area contributed by atoms with Gasteiger partial charge in [0.05, 0.1) is 6.10 Å². The van der Waals surface area contributed by atoms with Crippen molar-refractivity contribution < 1.29 is 31.1 Å². The average molecular weight is 258 g/mol. The van der Waals surface area contributed by atoms with Crippen LogP contribution in [0.15, 0.2) is 23.8 Å². The zero-order valence-corrected chi connectivity index (χ0v) is 8.35. The molecular weight excluding hydrogens is 250 g/mol. The number of fused-ring (bicyclic) bond motifs is 2. The molecule has 0 heterocycles. The topological polar surface area (TPSA) is 9.23 Å². The highest BCUT2D eigenvalue weighted by Crippen LogP contribution is 2.47. The second kappa shape index (κ2) is 3.76. The molecule has 0 aromatic heterocycles. The summed E-state index contributed by atoms with van der Waals surface area (Å²) in [5.74, 6) is -1.82. The van der Waals surface area contributed by atoms with Crippen LogP contribution in [0.4, 0.5) is 26.3 Å². The maximum atomic E-state index is 12.5. The van der Waals surface area contributed by atoms with Crippen molar-refractivity contribution in [1.29, 1.82) is 0 Å². The average Bonchev–Trinajstić information content (AvgIpc) is 2.68. The monoisotopic (exact) mass is 258 g/mol. The van der Waals surface area contributed by atoms with E-state index in [2.05, 4.69) is 4.74 Å². The Hall–Kier alpha value is -0.980. The van der Waals surface area contributed by atoms with Crippen molar-refractivity contribution in [2.75, 3.05) is 6.61 Å². The molecule has 0 saturated heterocycles. The molecule has 2 aliphatic rings. The zero-order chi connectivity index (χ0) is 12.8. The second-order valence-corrected chi connectivity index (χ2v) is 4.00. The van der Waals surface area contributed by atoms with Gasteiger partial charge in [-0.3, -0.25) is 0 Å². The number of rotatable bonds is 2. The van der Waals surface area contributed by atoms with E-state index in [1.54, 1.807) is 0 Å². The molecule has 2 rings (SSSR count). The predicted octanol–water partition coefficient (Wildman–Crippen LogP) is 3.24. The zero-order valence-electron chi connectivity index (χ0n) is 8.35. The van der Waals surface area contributed by atoms with Gasteiger partial charge in [0.25, 0.3) is 0 Å². The van der Waals surface area contributed by atoms with Gasteiger partial charge in [-0.2, -0.15) is 26.3 Å². The first-order valence-corrected chi connectivity index (χ1v) is 4.84. The normalized spacial score (nSPS) is 32.1. The van der Waals surface area contributed by atoms with Gasteiger partial charge >= 0.3 is 12.4 Å². The van der Waals surface area contributed by atoms with Gasteiger partial charge in [0.15, 0.2) is 0 Å². The van der Waals surface area contributed by atoms with E-state index in [0.717, 1.165) is 6.08 Å². The molecule has 7 heteroatoms. The van der Waals surface area contributed by atoms with Gasteiger partial charge in [0.1, 0.15) is 6.61 Å². The van der Waals surface area contributed by atoms with Gasteiger partial charge in [-0.15, -0.1) is 0 Å². The van der Waals surface area contributed by atoms with Crippen molar-refractivity contribution in [3.63, 3.8) is 0 Å². The molecule has 0 spiro atoms. The molecular formula is C10H8F6O. The summed E-state index contributed by atoms with van der Waals surface area (Å²) in [7, 11) is 0. The van der Waals surface area contributed by atoms with Crippen LogP contribution in [0.1, 0.15) is 0 Å². The van der Waals surface area contributed by atoms with E-state index >= 15 is 0 Å². The Kier molecular flexibility index (Phi) is 2.76. The molecule has 0 aromatic carbocycles. The number of hydrogen-bond acceptors (Lipinski definition) is 1. The Labute approximate surface area is 92.7 Å². The molecule has 0 N–H and O–H groups in total. The van der Waals surface area contributed by atoms with Crippen LogP contribution in [0, 0.1) is 11.8 Å². The van der Waals surface area contributed by atoms with Gasteiger partial charge in [0, 0.05) is 17.4 Å². The molecule has 0 unspecified atom stereocenters. The minimum atomic E-state index is -4.53. The molecule has 0 aromatic rings. The van der Waals surface area contributed by atoms with E-state index in [1.807, 2.05) is 0 Å². The van der Waals surface area contributed by atoms with Crippen LogP contribution in [-0.4, -0.2) is 25.1 Å². The molecule has 96 valence electrons. The maximum absolute atomic E-state index is 12.5. The Bertz CT molecular complexity index is 364. The first kappa shape index (κ1) is 12.5. The highest BCUT2D eigenvalue weighted by Gasteiger charge is 2.50. The number of halogens is 6. The van der Waals surface area contributed by atoms with Crippen LogP contribution in [0.5, 0.6) is 0 Å². The van der Waals surface area contributed by atoms with Crippen molar-refractivity contribution >= 4 is 0 Å². The lowest BCUT2D eigenvalue weighted by molar-refractivity contribution is -0.189. The molecule has 1 nitrogen and oxygen atoms in total. The summed E-state index contributed by atoms with van der Waals surface area (Å²) in [6, 6.07) is 0. The van der Waals surface area contributed by atoms with Crippen LogP contribution in [0.2, 0.25) is 0 Å². The largest absolute Gasteiger partial charge is 0.413 e. The summed E-state index contributed by atoms with van der Waals surface area (Å²) < 4.78 is 77.8. The number of alkyl halides is 6. The third-order valence-electron chi connectivity index (χ3n) is 2.77. The van der Waals surface area contributed by atoms with E-state index in [0.29, 0.717) is 0 Å². The quantitative estimate of drug-likeness (QED) is 0.545. The highest BCUT2D eigenvalue weighted by atomic mass is 19.4. The SMILES string of the molecule is FC(F)(F)CO[C@H]1[C@@H]2C=C[C@H]1C(C(F)(F)F)=C2. The smallest absolute Gasteiger partial charge is 0.367 e. The molecule has 3 atom stereocenters. The number of ether oxygens (including phenoxy) is 1. The van der Waals surface area contributed by atoms with Crippen molar-refractivity contribution in [2.45, 2.75) is 18.5 Å². The predicted molar refractivity (Wildman–Crippen MR) is 46.1 cm³/mol. The standard InChI is InChI=1S/C10H8F6O/c11-9(12,13)4-17-8-5-1-2-6(8)7(3-5)10(14,15)16/h1-3,5-6,8H,4H2/t5-,6+,8+/m1/s1. The van der Waals surface area contributed by atoms with E-state index in [9.17, 15) is 26.3 Å². The van der Waals surface area contributed by atoms with Crippen LogP contribution >= 0.6 is 0 Å². The summed E-state index contributed by atoms with van der Waals surface area (Å²) in [5.41, 5.74) is -0.808. The second-order valence-electron chi connectivity index (χ2n) is 4.00. The summed E-state index contributed by atoms with van der Waals surface area (Å²) in [6.07, 6.45) is -6.47. The fourth-order valence-electron chi connectivity index (χ4n) is 2.14. The van der Waals surface area contributed by atoms with Crippen LogP contribution in [0.25, 0.3) is 0 Å². The summed E-state index contributed by atoms with van der Waals surface area (Å²) in [4.78, 5) is 0. The molecule has 0 amide bonds. The van der Waals surface area contributed by atoms with Crippen LogP contribution in [-0.2, 0) is 4.74 Å². The minimum absolute atomic E-state index is 0.709. The minimum Gasteiger partial charge on any atom is -0.367 e. The third kappa shape index (κ3) is 2.48. The van der Waals surface area contributed by atoms with Gasteiger partial charge in [0.2, 0.25) is 0 Å². The van der Waals surface area contributed by atoms with Crippen LogP contribution < -0.4 is 0 Å². The van der Waals surface area contributed by atoms with E-state index < -0.39 is 42.5 Å². The molecule has 2 bridgehead atoms. The van der Waals surface area contributed by atoms with Gasteiger partial charge in [-0.05, 0) is 0 Å². The lowest BCUT2D eigenvalue weighted by Crippen LogP contribution is -2.29. The third-order valence-corrected chi connectivity index (χ3v) is 2.77. The summed E-state index contributed by atoms with van der Waals surface area (Å²) in [6.45, 7) is -1.52. The number of hydrogen-bond donors (Lipinski definition) is 0. The summed E-state index contributed by atoms with van der Waals surface area (Å²) >= 11 is 0. The lowest BCUT2D eigenvalue weighted by Gasteiger charge is -2.20. The summed E-state index contributed by atoms with van der Waals surface area (Å²) in [5, 5.41) is 0.